The van der Waals surface area contributed by atoms with Gasteiger partial charge in [-0.3, -0.25) is 14.5 Å². The zero-order valence-electron chi connectivity index (χ0n) is 18.2. The van der Waals surface area contributed by atoms with Crippen LogP contribution < -0.4 is 10.6 Å². The quantitative estimate of drug-likeness (QED) is 0.734. The fourth-order valence-corrected chi connectivity index (χ4v) is 8.02. The fourth-order valence-electron chi connectivity index (χ4n) is 8.02. The smallest absolute Gasteiger partial charge is 0.325 e. The van der Waals surface area contributed by atoms with E-state index < -0.39 is 11.6 Å². The van der Waals surface area contributed by atoms with E-state index in [-0.39, 0.29) is 29.8 Å². The number of hydrogen-bond acceptors (Lipinski definition) is 3. The van der Waals surface area contributed by atoms with Crippen molar-refractivity contribution in [3.63, 3.8) is 0 Å². The summed E-state index contributed by atoms with van der Waals surface area (Å²) in [6.45, 7) is 1.93. The molecule has 1 spiro atoms. The number of carbonyl (C=O) groups is 3. The number of aryl methyl sites for hydroxylation is 1. The van der Waals surface area contributed by atoms with Crippen molar-refractivity contribution < 1.29 is 14.4 Å². The summed E-state index contributed by atoms with van der Waals surface area (Å²) in [4.78, 5) is 40.1. The minimum Gasteiger partial charge on any atom is -0.352 e. The highest BCUT2D eigenvalue weighted by atomic mass is 16.2. The van der Waals surface area contributed by atoms with Gasteiger partial charge in [0.25, 0.3) is 5.91 Å². The molecule has 7 rings (SSSR count). The number of fused-ring (bicyclic) bond motifs is 2. The fraction of sp³-hybridized carbons (Fsp3) is 0.640. The van der Waals surface area contributed by atoms with Crippen LogP contribution in [0.25, 0.3) is 0 Å². The molecule has 1 saturated heterocycles. The highest BCUT2D eigenvalue weighted by molar-refractivity contribution is 6.09. The summed E-state index contributed by atoms with van der Waals surface area (Å²) in [6, 6.07) is 7.39. The SMILES string of the molecule is C[C@@H](NC(=O)CN1C(=O)N[C@]2(CCc3ccccc32)C1=O)C12CC3CC(CC(C3)C1)C2. The van der Waals surface area contributed by atoms with Crippen LogP contribution in [-0.2, 0) is 21.5 Å². The lowest BCUT2D eigenvalue weighted by atomic mass is 9.48. The molecule has 6 heteroatoms. The summed E-state index contributed by atoms with van der Waals surface area (Å²) in [5, 5.41) is 6.10. The predicted molar refractivity (Wildman–Crippen MR) is 115 cm³/mol. The number of urea groups is 1. The minimum atomic E-state index is -1.00. The van der Waals surface area contributed by atoms with Crippen LogP contribution in [0.4, 0.5) is 4.79 Å². The van der Waals surface area contributed by atoms with Crippen molar-refractivity contribution in [3.8, 4) is 0 Å². The summed E-state index contributed by atoms with van der Waals surface area (Å²) in [7, 11) is 0. The maximum absolute atomic E-state index is 13.3. The highest BCUT2D eigenvalue weighted by Crippen LogP contribution is 2.61. The second kappa shape index (κ2) is 6.57. The molecule has 0 aromatic heterocycles. The number of imide groups is 1. The number of carbonyl (C=O) groups excluding carboxylic acids is 3. The molecule has 2 N–H and O–H groups in total. The molecule has 1 aromatic rings. The topological polar surface area (TPSA) is 78.5 Å². The Morgan fingerprint density at radius 1 is 1.13 bits per heavy atom. The van der Waals surface area contributed by atoms with E-state index in [1.54, 1.807) is 0 Å². The van der Waals surface area contributed by atoms with Gasteiger partial charge in [-0.1, -0.05) is 24.3 Å². The molecule has 0 radical (unpaired) electrons. The molecular weight excluding hydrogens is 390 g/mol. The molecule has 4 saturated carbocycles. The lowest BCUT2D eigenvalue weighted by Crippen LogP contribution is -2.57. The minimum absolute atomic E-state index is 0.0790. The standard InChI is InChI=1S/C25H31N3O3/c1-15(24-11-16-8-17(12-24)10-18(9-16)13-24)26-21(29)14-28-22(30)25(27-23(28)31)7-6-19-4-2-3-5-20(19)25/h2-5,15-18H,6-14H2,1H3,(H,26,29)(H,27,31)/t15-,16?,17?,18?,24?,25+/m1/s1. The third-order valence-electron chi connectivity index (χ3n) is 9.11. The first-order valence-corrected chi connectivity index (χ1v) is 11.9. The lowest BCUT2D eigenvalue weighted by Gasteiger charge is -2.59. The van der Waals surface area contributed by atoms with Crippen molar-refractivity contribution in [2.45, 2.75) is 69.9 Å². The van der Waals surface area contributed by atoms with Crippen molar-refractivity contribution in [2.24, 2.45) is 23.2 Å². The second-order valence-electron chi connectivity index (χ2n) is 11.0. The molecule has 6 aliphatic rings. The highest BCUT2D eigenvalue weighted by Gasteiger charge is 2.56. The van der Waals surface area contributed by atoms with Gasteiger partial charge in [0.1, 0.15) is 12.1 Å². The average molecular weight is 422 g/mol. The van der Waals surface area contributed by atoms with Crippen LogP contribution >= 0.6 is 0 Å². The van der Waals surface area contributed by atoms with E-state index in [9.17, 15) is 14.4 Å². The van der Waals surface area contributed by atoms with E-state index in [1.807, 2.05) is 24.3 Å². The molecule has 1 heterocycles. The Hall–Kier alpha value is -2.37. The van der Waals surface area contributed by atoms with E-state index in [0.717, 1.165) is 40.2 Å². The number of nitrogens with zero attached hydrogens (tertiary/aromatic N) is 1. The lowest BCUT2D eigenvalue weighted by molar-refractivity contribution is -0.136. The van der Waals surface area contributed by atoms with Crippen LogP contribution in [0.5, 0.6) is 0 Å². The van der Waals surface area contributed by atoms with E-state index in [4.69, 9.17) is 0 Å². The number of amides is 4. The third-order valence-corrected chi connectivity index (χ3v) is 9.11. The van der Waals surface area contributed by atoms with Gasteiger partial charge in [0.2, 0.25) is 5.91 Å². The Bertz CT molecular complexity index is 937. The first-order valence-electron chi connectivity index (χ1n) is 11.9. The van der Waals surface area contributed by atoms with Crippen molar-refractivity contribution in [3.05, 3.63) is 35.4 Å². The van der Waals surface area contributed by atoms with Gasteiger partial charge in [-0.05, 0) is 92.6 Å². The summed E-state index contributed by atoms with van der Waals surface area (Å²) >= 11 is 0. The Labute approximate surface area is 183 Å². The van der Waals surface area contributed by atoms with Gasteiger partial charge in [0, 0.05) is 6.04 Å². The molecule has 164 valence electrons. The normalized spacial score (nSPS) is 38.5. The van der Waals surface area contributed by atoms with Crippen molar-refractivity contribution in [1.82, 2.24) is 15.5 Å². The second-order valence-corrected chi connectivity index (χ2v) is 11.0. The molecule has 2 atom stereocenters. The van der Waals surface area contributed by atoms with Gasteiger partial charge >= 0.3 is 6.03 Å². The number of rotatable bonds is 4. The molecule has 1 aromatic carbocycles. The van der Waals surface area contributed by atoms with Crippen LogP contribution in [0.15, 0.2) is 24.3 Å². The van der Waals surface area contributed by atoms with Crippen LogP contribution in [0.2, 0.25) is 0 Å². The molecule has 5 fully saturated rings. The van der Waals surface area contributed by atoms with Crippen molar-refractivity contribution in [1.29, 1.82) is 0 Å². The van der Waals surface area contributed by atoms with Gasteiger partial charge in [0.05, 0.1) is 0 Å². The molecule has 0 unspecified atom stereocenters. The monoisotopic (exact) mass is 421 g/mol. The van der Waals surface area contributed by atoms with Crippen LogP contribution in [-0.4, -0.2) is 35.3 Å². The molecule has 5 aliphatic carbocycles. The summed E-state index contributed by atoms with van der Waals surface area (Å²) in [5.41, 5.74) is 1.17. The summed E-state index contributed by atoms with van der Waals surface area (Å²) < 4.78 is 0. The van der Waals surface area contributed by atoms with Gasteiger partial charge in [-0.25, -0.2) is 4.79 Å². The van der Waals surface area contributed by atoms with Gasteiger partial charge in [0.15, 0.2) is 0 Å². The van der Waals surface area contributed by atoms with Gasteiger partial charge < -0.3 is 10.6 Å². The molecule has 1 aliphatic heterocycles. The largest absolute Gasteiger partial charge is 0.352 e. The van der Waals surface area contributed by atoms with E-state index in [1.165, 1.54) is 38.5 Å². The van der Waals surface area contributed by atoms with Crippen LogP contribution in [0, 0.1) is 23.2 Å². The van der Waals surface area contributed by atoms with Crippen molar-refractivity contribution >= 4 is 17.8 Å². The predicted octanol–water partition coefficient (Wildman–Crippen LogP) is 3.10. The maximum atomic E-state index is 13.3. The zero-order chi connectivity index (χ0) is 21.4. The van der Waals surface area contributed by atoms with E-state index in [2.05, 4.69) is 17.6 Å². The molecule has 6 nitrogen and oxygen atoms in total. The molecular formula is C25H31N3O3. The summed E-state index contributed by atoms with van der Waals surface area (Å²) in [5.74, 6) is 1.94. The Morgan fingerprint density at radius 2 is 1.77 bits per heavy atom. The Balaban J connectivity index is 1.16. The zero-order valence-corrected chi connectivity index (χ0v) is 18.2. The summed E-state index contributed by atoms with van der Waals surface area (Å²) in [6.07, 6.45) is 9.05. The molecule has 4 bridgehead atoms. The van der Waals surface area contributed by atoms with Gasteiger partial charge in [-0.15, -0.1) is 0 Å². The number of hydrogen-bond donors (Lipinski definition) is 2. The Morgan fingerprint density at radius 3 is 2.45 bits per heavy atom. The van der Waals surface area contributed by atoms with Gasteiger partial charge in [-0.2, -0.15) is 0 Å². The first kappa shape index (κ1) is 19.3. The molecule has 4 amide bonds. The first-order chi connectivity index (χ1) is 14.9. The average Bonchev–Trinajstić information content (AvgIpc) is 3.20. The van der Waals surface area contributed by atoms with Crippen LogP contribution in [0.1, 0.15) is 63.0 Å². The third kappa shape index (κ3) is 2.79. The van der Waals surface area contributed by atoms with Crippen molar-refractivity contribution in [2.75, 3.05) is 6.54 Å². The number of benzene rings is 1. The van der Waals surface area contributed by atoms with E-state index in [0.29, 0.717) is 6.42 Å². The van der Waals surface area contributed by atoms with Crippen LogP contribution in [0.3, 0.4) is 0 Å². The maximum Gasteiger partial charge on any atom is 0.325 e. The van der Waals surface area contributed by atoms with E-state index >= 15 is 0 Å². The number of nitrogens with one attached hydrogen (secondary N) is 2. The Kier molecular flexibility index (Phi) is 4.09. The molecule has 31 heavy (non-hydrogen) atoms.